The number of hydrogen-bond donors (Lipinski definition) is 3. The molecule has 3 N–H and O–H groups in total. The van der Waals surface area contributed by atoms with Crippen molar-refractivity contribution in [1.29, 1.82) is 0 Å². The van der Waals surface area contributed by atoms with Crippen LogP contribution < -0.4 is 10.6 Å². The molecule has 0 aromatic carbocycles. The molecule has 1 aliphatic rings. The lowest BCUT2D eigenvalue weighted by Gasteiger charge is -2.13. The van der Waals surface area contributed by atoms with E-state index >= 15 is 0 Å². The molecule has 2 rings (SSSR count). The average molecular weight is 164 g/mol. The zero-order valence-electron chi connectivity index (χ0n) is 6.75. The average Bonchev–Trinajstić information content (AvgIpc) is 2.48. The molecule has 0 spiro atoms. The van der Waals surface area contributed by atoms with E-state index in [0.717, 1.165) is 18.8 Å². The summed E-state index contributed by atoms with van der Waals surface area (Å²) in [5.74, 6) is 0. The maximum atomic E-state index is 3.98. The maximum Gasteiger partial charge on any atom is 0.0922 e. The van der Waals surface area contributed by atoms with Gasteiger partial charge in [0.15, 0.2) is 0 Å². The lowest BCUT2D eigenvalue weighted by molar-refractivity contribution is 0.550. The number of rotatable bonds is 1. The summed E-state index contributed by atoms with van der Waals surface area (Å²) in [6.45, 7) is 1.80. The molecule has 64 valence electrons. The third kappa shape index (κ3) is 1.48. The standard InChI is InChI=1S/C8H12N4/c1-2-9-4-7(11-3-1)8-5-10-6-12-8/h1-2,5-7,9,11H,3-4H2,(H,10,12). The summed E-state index contributed by atoms with van der Waals surface area (Å²) in [6, 6.07) is 0.336. The lowest BCUT2D eigenvalue weighted by Crippen LogP contribution is -2.27. The van der Waals surface area contributed by atoms with Crippen LogP contribution in [0.25, 0.3) is 0 Å². The molecular formula is C8H12N4. The van der Waals surface area contributed by atoms with Gasteiger partial charge in [0.05, 0.1) is 18.1 Å². The van der Waals surface area contributed by atoms with Crippen molar-refractivity contribution >= 4 is 0 Å². The van der Waals surface area contributed by atoms with Crippen LogP contribution in [0.15, 0.2) is 24.8 Å². The topological polar surface area (TPSA) is 52.7 Å². The molecule has 12 heavy (non-hydrogen) atoms. The minimum absolute atomic E-state index is 0.336. The second-order valence-electron chi connectivity index (χ2n) is 2.78. The van der Waals surface area contributed by atoms with E-state index in [4.69, 9.17) is 0 Å². The zero-order valence-corrected chi connectivity index (χ0v) is 6.75. The fourth-order valence-electron chi connectivity index (χ4n) is 1.29. The molecule has 0 bridgehead atoms. The van der Waals surface area contributed by atoms with Crippen LogP contribution in [0.2, 0.25) is 0 Å². The van der Waals surface area contributed by atoms with Crippen molar-refractivity contribution in [2.24, 2.45) is 0 Å². The smallest absolute Gasteiger partial charge is 0.0922 e. The largest absolute Gasteiger partial charge is 0.389 e. The van der Waals surface area contributed by atoms with Crippen LogP contribution in [0.3, 0.4) is 0 Å². The number of nitrogens with zero attached hydrogens (tertiary/aromatic N) is 1. The van der Waals surface area contributed by atoms with Crippen LogP contribution in [-0.2, 0) is 0 Å². The van der Waals surface area contributed by atoms with E-state index in [1.807, 2.05) is 12.4 Å². The van der Waals surface area contributed by atoms with Gasteiger partial charge in [-0.1, -0.05) is 6.08 Å². The predicted octanol–water partition coefficient (Wildman–Crippen LogP) is 0.157. The summed E-state index contributed by atoms with van der Waals surface area (Å²) < 4.78 is 0. The minimum atomic E-state index is 0.336. The number of hydrogen-bond acceptors (Lipinski definition) is 3. The molecule has 4 nitrogen and oxygen atoms in total. The Hall–Kier alpha value is -1.29. The Morgan fingerprint density at radius 3 is 3.33 bits per heavy atom. The summed E-state index contributed by atoms with van der Waals surface area (Å²) in [5.41, 5.74) is 1.13. The van der Waals surface area contributed by atoms with Crippen molar-refractivity contribution < 1.29 is 0 Å². The Bertz CT molecular complexity index is 242. The molecule has 1 atom stereocenters. The van der Waals surface area contributed by atoms with Crippen LogP contribution >= 0.6 is 0 Å². The molecular weight excluding hydrogens is 152 g/mol. The molecule has 1 aliphatic heterocycles. The lowest BCUT2D eigenvalue weighted by atomic mass is 10.2. The molecule has 0 aliphatic carbocycles. The third-order valence-electron chi connectivity index (χ3n) is 1.93. The number of H-pyrrole nitrogens is 1. The first-order valence-electron chi connectivity index (χ1n) is 4.07. The molecule has 1 aromatic heterocycles. The van der Waals surface area contributed by atoms with E-state index in [1.165, 1.54) is 0 Å². The normalized spacial score (nSPS) is 23.2. The van der Waals surface area contributed by atoms with E-state index in [0.29, 0.717) is 6.04 Å². The first-order chi connectivity index (χ1) is 5.97. The van der Waals surface area contributed by atoms with Gasteiger partial charge in [-0.2, -0.15) is 0 Å². The van der Waals surface area contributed by atoms with Gasteiger partial charge in [-0.15, -0.1) is 0 Å². The molecule has 0 saturated carbocycles. The fraction of sp³-hybridized carbons (Fsp3) is 0.375. The quantitative estimate of drug-likeness (QED) is 0.554. The summed E-state index contributed by atoms with van der Waals surface area (Å²) in [4.78, 5) is 7.08. The molecule has 2 heterocycles. The number of aromatic nitrogens is 2. The first-order valence-corrected chi connectivity index (χ1v) is 4.07. The van der Waals surface area contributed by atoms with Crippen molar-refractivity contribution in [1.82, 2.24) is 20.6 Å². The van der Waals surface area contributed by atoms with Gasteiger partial charge in [-0.05, 0) is 6.20 Å². The van der Waals surface area contributed by atoms with Gasteiger partial charge in [0, 0.05) is 19.3 Å². The SMILES string of the molecule is C1=CNCC(c2cnc[nH]2)NC1. The highest BCUT2D eigenvalue weighted by atomic mass is 15.0. The number of imidazole rings is 1. The Kier molecular flexibility index (Phi) is 2.09. The molecule has 1 aromatic rings. The highest BCUT2D eigenvalue weighted by molar-refractivity contribution is 5.05. The summed E-state index contributed by atoms with van der Waals surface area (Å²) in [7, 11) is 0. The van der Waals surface area contributed by atoms with E-state index in [-0.39, 0.29) is 0 Å². The second-order valence-corrected chi connectivity index (χ2v) is 2.78. The predicted molar refractivity (Wildman–Crippen MR) is 46.5 cm³/mol. The first kappa shape index (κ1) is 7.36. The molecule has 1 unspecified atom stereocenters. The van der Waals surface area contributed by atoms with E-state index in [1.54, 1.807) is 6.33 Å². The van der Waals surface area contributed by atoms with Crippen LogP contribution in [0.5, 0.6) is 0 Å². The van der Waals surface area contributed by atoms with Crippen molar-refractivity contribution in [2.45, 2.75) is 6.04 Å². The maximum absolute atomic E-state index is 3.98. The van der Waals surface area contributed by atoms with Gasteiger partial charge < -0.3 is 15.6 Å². The highest BCUT2D eigenvalue weighted by Gasteiger charge is 2.11. The van der Waals surface area contributed by atoms with Gasteiger partial charge in [0.1, 0.15) is 0 Å². The Morgan fingerprint density at radius 1 is 1.50 bits per heavy atom. The Balaban J connectivity index is 2.05. The fourth-order valence-corrected chi connectivity index (χ4v) is 1.29. The zero-order chi connectivity index (χ0) is 8.23. The summed E-state index contributed by atoms with van der Waals surface area (Å²) in [6.07, 6.45) is 7.60. The van der Waals surface area contributed by atoms with E-state index in [2.05, 4.69) is 26.7 Å². The molecule has 0 saturated heterocycles. The van der Waals surface area contributed by atoms with E-state index in [9.17, 15) is 0 Å². The monoisotopic (exact) mass is 164 g/mol. The highest BCUT2D eigenvalue weighted by Crippen LogP contribution is 2.07. The van der Waals surface area contributed by atoms with Crippen molar-refractivity contribution in [3.05, 3.63) is 30.5 Å². The minimum Gasteiger partial charge on any atom is -0.389 e. The Labute approximate surface area is 71.1 Å². The van der Waals surface area contributed by atoms with Gasteiger partial charge in [-0.3, -0.25) is 0 Å². The van der Waals surface area contributed by atoms with Crippen molar-refractivity contribution in [2.75, 3.05) is 13.1 Å². The van der Waals surface area contributed by atoms with Gasteiger partial charge in [-0.25, -0.2) is 4.98 Å². The van der Waals surface area contributed by atoms with Crippen LogP contribution in [0, 0.1) is 0 Å². The molecule has 0 amide bonds. The summed E-state index contributed by atoms with van der Waals surface area (Å²) >= 11 is 0. The Morgan fingerprint density at radius 2 is 2.50 bits per heavy atom. The molecule has 4 heteroatoms. The molecule has 0 fully saturated rings. The van der Waals surface area contributed by atoms with Gasteiger partial charge in [0.25, 0.3) is 0 Å². The van der Waals surface area contributed by atoms with Crippen LogP contribution in [0.1, 0.15) is 11.7 Å². The van der Waals surface area contributed by atoms with E-state index < -0.39 is 0 Å². The third-order valence-corrected chi connectivity index (χ3v) is 1.93. The number of aromatic amines is 1. The van der Waals surface area contributed by atoms with Gasteiger partial charge >= 0.3 is 0 Å². The summed E-state index contributed by atoms with van der Waals surface area (Å²) in [5, 5.41) is 6.56. The second kappa shape index (κ2) is 3.40. The van der Waals surface area contributed by atoms with Crippen LogP contribution in [0.4, 0.5) is 0 Å². The van der Waals surface area contributed by atoms with Crippen LogP contribution in [-0.4, -0.2) is 23.1 Å². The van der Waals surface area contributed by atoms with Crippen molar-refractivity contribution in [3.8, 4) is 0 Å². The molecule has 0 radical (unpaired) electrons. The van der Waals surface area contributed by atoms with Gasteiger partial charge in [0.2, 0.25) is 0 Å². The van der Waals surface area contributed by atoms with Crippen molar-refractivity contribution in [3.63, 3.8) is 0 Å². The number of nitrogens with one attached hydrogen (secondary N) is 3.